The number of benzene rings is 1. The summed E-state index contributed by atoms with van der Waals surface area (Å²) in [6.45, 7) is 8.31. The maximum Gasteiger partial charge on any atom is 0.490 e. The Morgan fingerprint density at radius 3 is 2.20 bits per heavy atom. The standard InChI is InChI=1S/C16H25N3O3S.C2HF3O2/c1-4-19(12-16(20)18-9-7-17-8-10-18)23(21,22)15-11-13(2)5-6-14(15)3;3-2(4,5)1(6)7/h5-6,11,17H,4,7-10,12H2,1-3H3;(H,6,7). The highest BCUT2D eigenvalue weighted by molar-refractivity contribution is 7.89. The minimum atomic E-state index is -5.08. The summed E-state index contributed by atoms with van der Waals surface area (Å²) in [5.74, 6) is -2.89. The van der Waals surface area contributed by atoms with Crippen molar-refractivity contribution in [3.05, 3.63) is 29.3 Å². The molecule has 1 saturated heterocycles. The van der Waals surface area contributed by atoms with Crippen LogP contribution in [0.1, 0.15) is 18.1 Å². The fourth-order valence-electron chi connectivity index (χ4n) is 2.66. The van der Waals surface area contributed by atoms with Crippen LogP contribution in [0.2, 0.25) is 0 Å². The van der Waals surface area contributed by atoms with Crippen molar-refractivity contribution in [2.24, 2.45) is 0 Å². The number of hydrogen-bond acceptors (Lipinski definition) is 5. The molecule has 0 aromatic heterocycles. The van der Waals surface area contributed by atoms with Crippen LogP contribution in [0.4, 0.5) is 13.2 Å². The molecule has 0 radical (unpaired) electrons. The summed E-state index contributed by atoms with van der Waals surface area (Å²) in [6.07, 6.45) is -5.08. The van der Waals surface area contributed by atoms with Crippen molar-refractivity contribution in [1.82, 2.24) is 14.5 Å². The van der Waals surface area contributed by atoms with Crippen LogP contribution in [0.5, 0.6) is 0 Å². The number of alkyl halides is 3. The monoisotopic (exact) mass is 453 g/mol. The van der Waals surface area contributed by atoms with Crippen LogP contribution in [0.25, 0.3) is 0 Å². The molecule has 1 aliphatic rings. The maximum atomic E-state index is 12.9. The van der Waals surface area contributed by atoms with Crippen LogP contribution in [-0.2, 0) is 19.6 Å². The molecule has 2 N–H and O–H groups in total. The third-order valence-corrected chi connectivity index (χ3v) is 6.40. The SMILES string of the molecule is CCN(CC(=O)N1CCNCC1)S(=O)(=O)c1cc(C)ccc1C.O=C(O)C(F)(F)F. The topological polar surface area (TPSA) is 107 Å². The Morgan fingerprint density at radius 2 is 1.73 bits per heavy atom. The van der Waals surface area contributed by atoms with Gasteiger partial charge in [0.25, 0.3) is 0 Å². The number of aryl methyl sites for hydroxylation is 2. The minimum Gasteiger partial charge on any atom is -0.475 e. The van der Waals surface area contributed by atoms with E-state index in [0.717, 1.165) is 18.7 Å². The number of carboxylic acid groups (broad SMARTS) is 1. The van der Waals surface area contributed by atoms with Crippen LogP contribution in [-0.4, -0.2) is 80.1 Å². The van der Waals surface area contributed by atoms with Crippen molar-refractivity contribution in [3.63, 3.8) is 0 Å². The molecule has 8 nitrogen and oxygen atoms in total. The number of halogens is 3. The van der Waals surface area contributed by atoms with Gasteiger partial charge >= 0.3 is 12.1 Å². The highest BCUT2D eigenvalue weighted by Crippen LogP contribution is 2.21. The molecule has 1 amide bonds. The van der Waals surface area contributed by atoms with E-state index in [-0.39, 0.29) is 23.9 Å². The van der Waals surface area contributed by atoms with E-state index in [1.165, 1.54) is 4.31 Å². The lowest BCUT2D eigenvalue weighted by molar-refractivity contribution is -0.192. The van der Waals surface area contributed by atoms with Crippen molar-refractivity contribution in [1.29, 1.82) is 0 Å². The molecule has 0 saturated carbocycles. The van der Waals surface area contributed by atoms with Gasteiger partial charge in [0.2, 0.25) is 15.9 Å². The lowest BCUT2D eigenvalue weighted by atomic mass is 10.2. The minimum absolute atomic E-state index is 0.105. The molecule has 170 valence electrons. The summed E-state index contributed by atoms with van der Waals surface area (Å²) in [5.41, 5.74) is 1.59. The molecule has 30 heavy (non-hydrogen) atoms. The summed E-state index contributed by atoms with van der Waals surface area (Å²) < 4.78 is 58.8. The number of piperazine rings is 1. The van der Waals surface area contributed by atoms with Crippen molar-refractivity contribution in [3.8, 4) is 0 Å². The molecule has 0 bridgehead atoms. The predicted octanol–water partition coefficient (Wildman–Crippen LogP) is 1.38. The number of amides is 1. The number of carboxylic acids is 1. The molecular weight excluding hydrogens is 427 g/mol. The first-order valence-corrected chi connectivity index (χ1v) is 10.6. The second-order valence-electron chi connectivity index (χ2n) is 6.63. The maximum absolute atomic E-state index is 12.9. The van der Waals surface area contributed by atoms with Crippen molar-refractivity contribution >= 4 is 21.9 Å². The van der Waals surface area contributed by atoms with Crippen molar-refractivity contribution < 1.29 is 36.3 Å². The Kier molecular flexibility index (Phi) is 9.25. The van der Waals surface area contributed by atoms with Crippen LogP contribution >= 0.6 is 0 Å². The van der Waals surface area contributed by atoms with Gasteiger partial charge in [0.05, 0.1) is 11.4 Å². The third-order valence-electron chi connectivity index (χ3n) is 4.34. The van der Waals surface area contributed by atoms with Gasteiger partial charge in [-0.15, -0.1) is 0 Å². The van der Waals surface area contributed by atoms with Gasteiger partial charge in [0, 0.05) is 32.7 Å². The first kappa shape index (κ1) is 25.9. The number of nitrogens with one attached hydrogen (secondary N) is 1. The zero-order valence-corrected chi connectivity index (χ0v) is 17.8. The van der Waals surface area contributed by atoms with Crippen LogP contribution in [0.15, 0.2) is 23.1 Å². The average Bonchev–Trinajstić information content (AvgIpc) is 2.67. The zero-order chi connectivity index (χ0) is 23.1. The first-order chi connectivity index (χ1) is 13.8. The number of rotatable bonds is 5. The summed E-state index contributed by atoms with van der Waals surface area (Å²) in [6, 6.07) is 5.35. The van der Waals surface area contributed by atoms with Gasteiger partial charge in [0.15, 0.2) is 0 Å². The van der Waals surface area contributed by atoms with Gasteiger partial charge in [-0.3, -0.25) is 4.79 Å². The quantitative estimate of drug-likeness (QED) is 0.698. The van der Waals surface area contributed by atoms with Crippen LogP contribution in [0, 0.1) is 13.8 Å². The van der Waals surface area contributed by atoms with E-state index in [1.807, 2.05) is 13.0 Å². The van der Waals surface area contributed by atoms with Gasteiger partial charge in [-0.25, -0.2) is 13.2 Å². The number of likely N-dealkylation sites (N-methyl/N-ethyl adjacent to an activating group) is 1. The number of sulfonamides is 1. The Morgan fingerprint density at radius 1 is 1.20 bits per heavy atom. The van der Waals surface area contributed by atoms with E-state index in [2.05, 4.69) is 5.32 Å². The Labute approximate surface area is 173 Å². The average molecular weight is 453 g/mol. The number of carbonyl (C=O) groups excluding carboxylic acids is 1. The Bertz CT molecular complexity index is 853. The Hall–Kier alpha value is -2.18. The molecule has 1 aromatic carbocycles. The van der Waals surface area contributed by atoms with E-state index in [1.54, 1.807) is 30.9 Å². The summed E-state index contributed by atoms with van der Waals surface area (Å²) >= 11 is 0. The molecule has 1 aromatic rings. The van der Waals surface area contributed by atoms with E-state index < -0.39 is 22.2 Å². The largest absolute Gasteiger partial charge is 0.490 e. The fourth-order valence-corrected chi connectivity index (χ4v) is 4.36. The van der Waals surface area contributed by atoms with Gasteiger partial charge in [-0.2, -0.15) is 17.5 Å². The second kappa shape index (κ2) is 10.7. The number of aliphatic carboxylic acids is 1. The second-order valence-corrected chi connectivity index (χ2v) is 8.54. The summed E-state index contributed by atoms with van der Waals surface area (Å²) in [5, 5.41) is 10.3. The van der Waals surface area contributed by atoms with Crippen LogP contribution in [0.3, 0.4) is 0 Å². The smallest absolute Gasteiger partial charge is 0.475 e. The summed E-state index contributed by atoms with van der Waals surface area (Å²) in [4.78, 5) is 23.3. The molecular formula is C18H26F3N3O5S. The van der Waals surface area contributed by atoms with E-state index in [4.69, 9.17) is 9.90 Å². The molecule has 1 fully saturated rings. The first-order valence-electron chi connectivity index (χ1n) is 9.16. The van der Waals surface area contributed by atoms with E-state index in [0.29, 0.717) is 18.7 Å². The van der Waals surface area contributed by atoms with Gasteiger partial charge in [0.1, 0.15) is 0 Å². The number of hydrogen-bond donors (Lipinski definition) is 2. The third kappa shape index (κ3) is 7.26. The molecule has 0 spiro atoms. The van der Waals surface area contributed by atoms with E-state index in [9.17, 15) is 26.4 Å². The summed E-state index contributed by atoms with van der Waals surface area (Å²) in [7, 11) is -3.67. The highest BCUT2D eigenvalue weighted by Gasteiger charge is 2.38. The molecule has 0 aliphatic carbocycles. The molecule has 1 heterocycles. The zero-order valence-electron chi connectivity index (χ0n) is 17.0. The van der Waals surface area contributed by atoms with Crippen molar-refractivity contribution in [2.75, 3.05) is 39.3 Å². The van der Waals surface area contributed by atoms with E-state index >= 15 is 0 Å². The lowest BCUT2D eigenvalue weighted by Crippen LogP contribution is -2.50. The highest BCUT2D eigenvalue weighted by atomic mass is 32.2. The molecule has 1 aliphatic heterocycles. The lowest BCUT2D eigenvalue weighted by Gasteiger charge is -2.30. The molecule has 0 unspecified atom stereocenters. The van der Waals surface area contributed by atoms with Gasteiger partial charge in [-0.05, 0) is 31.0 Å². The van der Waals surface area contributed by atoms with Gasteiger partial charge < -0.3 is 15.3 Å². The number of carbonyl (C=O) groups is 2. The normalized spacial score (nSPS) is 14.8. The molecule has 2 rings (SSSR count). The van der Waals surface area contributed by atoms with Gasteiger partial charge in [-0.1, -0.05) is 19.1 Å². The molecule has 12 heteroatoms. The number of nitrogens with zero attached hydrogens (tertiary/aromatic N) is 2. The molecule has 0 atom stereocenters. The predicted molar refractivity (Wildman–Crippen MR) is 103 cm³/mol. The van der Waals surface area contributed by atoms with Crippen LogP contribution < -0.4 is 5.32 Å². The fraction of sp³-hybridized carbons (Fsp3) is 0.556. The van der Waals surface area contributed by atoms with Crippen molar-refractivity contribution in [2.45, 2.75) is 31.8 Å². The Balaban J connectivity index is 0.000000553.